The maximum absolute atomic E-state index is 12.5. The molecule has 0 aliphatic carbocycles. The number of piperidine rings is 1. The quantitative estimate of drug-likeness (QED) is 0.839. The number of carbonyl (C=O) groups excluding carboxylic acids is 1. The van der Waals surface area contributed by atoms with E-state index in [2.05, 4.69) is 32.9 Å². The first-order chi connectivity index (χ1) is 10.1. The average Bonchev–Trinajstić information content (AvgIpc) is 2.87. The second-order valence-electron chi connectivity index (χ2n) is 6.39. The molecule has 2 heterocycles. The van der Waals surface area contributed by atoms with Crippen LogP contribution in [0.3, 0.4) is 0 Å². The van der Waals surface area contributed by atoms with Gasteiger partial charge in [0.15, 0.2) is 0 Å². The summed E-state index contributed by atoms with van der Waals surface area (Å²) in [6.45, 7) is 8.20. The van der Waals surface area contributed by atoms with E-state index >= 15 is 0 Å². The van der Waals surface area contributed by atoms with Gasteiger partial charge in [0, 0.05) is 24.0 Å². The highest BCUT2D eigenvalue weighted by atomic mass is 16.3. The summed E-state index contributed by atoms with van der Waals surface area (Å²) in [5, 5.41) is 1.08. The normalized spacial score (nSPS) is 16.6. The van der Waals surface area contributed by atoms with E-state index in [1.54, 1.807) is 6.26 Å². The van der Waals surface area contributed by atoms with Gasteiger partial charge in [0.25, 0.3) is 0 Å². The number of benzene rings is 1. The van der Waals surface area contributed by atoms with Crippen LogP contribution in [0.1, 0.15) is 36.5 Å². The number of likely N-dealkylation sites (tertiary alicyclic amines) is 1. The molecule has 3 heteroatoms. The summed E-state index contributed by atoms with van der Waals surface area (Å²) < 4.78 is 5.70. The summed E-state index contributed by atoms with van der Waals surface area (Å²) in [6, 6.07) is 4.17. The van der Waals surface area contributed by atoms with Crippen LogP contribution in [-0.2, 0) is 11.2 Å². The van der Waals surface area contributed by atoms with Gasteiger partial charge in [-0.05, 0) is 43.7 Å². The molecule has 1 aliphatic heterocycles. The lowest BCUT2D eigenvalue weighted by Crippen LogP contribution is -2.38. The molecular weight excluding hydrogens is 262 g/mol. The summed E-state index contributed by atoms with van der Waals surface area (Å²) in [7, 11) is 0. The number of hydrogen-bond acceptors (Lipinski definition) is 2. The molecule has 0 N–H and O–H groups in total. The summed E-state index contributed by atoms with van der Waals surface area (Å²) in [5.74, 6) is 0.970. The van der Waals surface area contributed by atoms with Crippen molar-refractivity contribution in [1.29, 1.82) is 0 Å². The predicted octanol–water partition coefficient (Wildman–Crippen LogP) is 3.85. The number of fused-ring (bicyclic) bond motifs is 1. The van der Waals surface area contributed by atoms with E-state index in [1.165, 1.54) is 5.56 Å². The molecule has 1 amide bonds. The van der Waals surface area contributed by atoms with Gasteiger partial charge in [-0.25, -0.2) is 0 Å². The van der Waals surface area contributed by atoms with Gasteiger partial charge in [-0.1, -0.05) is 19.1 Å². The summed E-state index contributed by atoms with van der Waals surface area (Å²) in [5.41, 5.74) is 4.32. The van der Waals surface area contributed by atoms with Gasteiger partial charge >= 0.3 is 0 Å². The van der Waals surface area contributed by atoms with Gasteiger partial charge < -0.3 is 9.32 Å². The van der Waals surface area contributed by atoms with Crippen molar-refractivity contribution in [3.05, 3.63) is 35.1 Å². The molecule has 112 valence electrons. The fourth-order valence-electron chi connectivity index (χ4n) is 3.06. The molecule has 1 fully saturated rings. The van der Waals surface area contributed by atoms with Crippen LogP contribution in [-0.4, -0.2) is 23.9 Å². The summed E-state index contributed by atoms with van der Waals surface area (Å²) >= 11 is 0. The van der Waals surface area contributed by atoms with Gasteiger partial charge in [0.05, 0.1) is 12.7 Å². The van der Waals surface area contributed by atoms with Gasteiger partial charge in [-0.2, -0.15) is 0 Å². The van der Waals surface area contributed by atoms with Gasteiger partial charge in [-0.15, -0.1) is 0 Å². The Balaban J connectivity index is 1.79. The minimum Gasteiger partial charge on any atom is -0.464 e. The molecule has 0 spiro atoms. The number of aryl methyl sites for hydroxylation is 2. The van der Waals surface area contributed by atoms with E-state index in [0.717, 1.165) is 53.9 Å². The Morgan fingerprint density at radius 1 is 1.29 bits per heavy atom. The maximum Gasteiger partial charge on any atom is 0.227 e. The number of rotatable bonds is 2. The first-order valence-corrected chi connectivity index (χ1v) is 7.80. The zero-order valence-electron chi connectivity index (χ0n) is 13.1. The number of hydrogen-bond donors (Lipinski definition) is 0. The lowest BCUT2D eigenvalue weighted by Gasteiger charge is -2.30. The van der Waals surface area contributed by atoms with Crippen molar-refractivity contribution in [2.45, 2.75) is 40.0 Å². The molecule has 1 aromatic heterocycles. The van der Waals surface area contributed by atoms with Crippen molar-refractivity contribution >= 4 is 16.9 Å². The Labute approximate surface area is 125 Å². The van der Waals surface area contributed by atoms with Gasteiger partial charge in [-0.3, -0.25) is 4.79 Å². The topological polar surface area (TPSA) is 33.5 Å². The molecule has 3 nitrogen and oxygen atoms in total. The van der Waals surface area contributed by atoms with E-state index < -0.39 is 0 Å². The smallest absolute Gasteiger partial charge is 0.227 e. The molecule has 0 unspecified atom stereocenters. The molecule has 21 heavy (non-hydrogen) atoms. The highest BCUT2D eigenvalue weighted by Crippen LogP contribution is 2.27. The van der Waals surface area contributed by atoms with E-state index in [-0.39, 0.29) is 5.91 Å². The largest absolute Gasteiger partial charge is 0.464 e. The van der Waals surface area contributed by atoms with Crippen molar-refractivity contribution in [2.24, 2.45) is 5.92 Å². The van der Waals surface area contributed by atoms with Crippen molar-refractivity contribution in [1.82, 2.24) is 4.90 Å². The van der Waals surface area contributed by atoms with Crippen LogP contribution in [0.4, 0.5) is 0 Å². The summed E-state index contributed by atoms with van der Waals surface area (Å²) in [6.07, 6.45) is 4.44. The third kappa shape index (κ3) is 2.69. The van der Waals surface area contributed by atoms with Crippen molar-refractivity contribution in [2.75, 3.05) is 13.1 Å². The Hall–Kier alpha value is -1.77. The minimum absolute atomic E-state index is 0.225. The fraction of sp³-hybridized carbons (Fsp3) is 0.500. The molecule has 2 aromatic rings. The zero-order valence-corrected chi connectivity index (χ0v) is 13.1. The number of furan rings is 1. The number of amides is 1. The third-order valence-electron chi connectivity index (χ3n) is 4.82. The first-order valence-electron chi connectivity index (χ1n) is 7.80. The Morgan fingerprint density at radius 3 is 2.71 bits per heavy atom. The summed E-state index contributed by atoms with van der Waals surface area (Å²) in [4.78, 5) is 14.5. The van der Waals surface area contributed by atoms with E-state index in [0.29, 0.717) is 6.42 Å². The molecule has 3 rings (SSSR count). The second-order valence-corrected chi connectivity index (χ2v) is 6.39. The van der Waals surface area contributed by atoms with Crippen molar-refractivity contribution in [3.63, 3.8) is 0 Å². The van der Waals surface area contributed by atoms with E-state index in [4.69, 9.17) is 4.42 Å². The van der Waals surface area contributed by atoms with Crippen LogP contribution < -0.4 is 0 Å². The molecule has 1 aliphatic rings. The average molecular weight is 285 g/mol. The SMILES string of the molecule is Cc1ccc2c(CC(=O)N3CCC(C)CC3)coc2c1C. The molecule has 1 aromatic carbocycles. The number of carbonyl (C=O) groups is 1. The Morgan fingerprint density at radius 2 is 2.00 bits per heavy atom. The molecule has 1 saturated heterocycles. The molecule has 0 saturated carbocycles. The highest BCUT2D eigenvalue weighted by molar-refractivity contribution is 5.89. The van der Waals surface area contributed by atoms with Gasteiger partial charge in [0.2, 0.25) is 5.91 Å². The minimum atomic E-state index is 0.225. The van der Waals surface area contributed by atoms with Crippen LogP contribution in [0.2, 0.25) is 0 Å². The zero-order chi connectivity index (χ0) is 15.0. The van der Waals surface area contributed by atoms with E-state index in [9.17, 15) is 4.79 Å². The lowest BCUT2D eigenvalue weighted by atomic mass is 9.98. The van der Waals surface area contributed by atoms with E-state index in [1.807, 2.05) is 4.90 Å². The van der Waals surface area contributed by atoms with Crippen molar-refractivity contribution in [3.8, 4) is 0 Å². The molecule has 0 atom stereocenters. The lowest BCUT2D eigenvalue weighted by molar-refractivity contribution is -0.131. The Kier molecular flexibility index (Phi) is 3.75. The second kappa shape index (κ2) is 5.55. The molecule has 0 bridgehead atoms. The van der Waals surface area contributed by atoms with Crippen LogP contribution in [0.15, 0.2) is 22.8 Å². The van der Waals surface area contributed by atoms with Gasteiger partial charge in [0.1, 0.15) is 5.58 Å². The highest BCUT2D eigenvalue weighted by Gasteiger charge is 2.21. The maximum atomic E-state index is 12.5. The first kappa shape index (κ1) is 14.2. The standard InChI is InChI=1S/C18H23NO2/c1-12-6-8-19(9-7-12)17(20)10-15-11-21-18-14(3)13(2)4-5-16(15)18/h4-5,11-12H,6-10H2,1-3H3. The third-order valence-corrected chi connectivity index (χ3v) is 4.82. The molecular formula is C18H23NO2. The fourth-order valence-corrected chi connectivity index (χ4v) is 3.06. The predicted molar refractivity (Wildman–Crippen MR) is 84.4 cm³/mol. The number of nitrogens with zero attached hydrogens (tertiary/aromatic N) is 1. The van der Waals surface area contributed by atoms with Crippen LogP contribution >= 0.6 is 0 Å². The van der Waals surface area contributed by atoms with Crippen LogP contribution in [0.5, 0.6) is 0 Å². The Bertz CT molecular complexity index is 663. The van der Waals surface area contributed by atoms with Crippen LogP contribution in [0.25, 0.3) is 11.0 Å². The molecule has 0 radical (unpaired) electrons. The monoisotopic (exact) mass is 285 g/mol. The van der Waals surface area contributed by atoms with Crippen LogP contribution in [0, 0.1) is 19.8 Å². The van der Waals surface area contributed by atoms with Crippen molar-refractivity contribution < 1.29 is 9.21 Å².